The highest BCUT2D eigenvalue weighted by molar-refractivity contribution is 6.07. The van der Waals surface area contributed by atoms with E-state index in [0.717, 1.165) is 22.4 Å². The summed E-state index contributed by atoms with van der Waals surface area (Å²) in [5.41, 5.74) is 5.56. The number of nitrogens with zero attached hydrogens (tertiary/aromatic N) is 1. The highest BCUT2D eigenvalue weighted by atomic mass is 19.1. The molecule has 5 nitrogen and oxygen atoms in total. The van der Waals surface area contributed by atoms with Crippen LogP contribution in [-0.2, 0) is 9.59 Å². The number of anilines is 1. The average Bonchev–Trinajstić information content (AvgIpc) is 2.76. The Morgan fingerprint density at radius 3 is 2.52 bits per heavy atom. The SMILES string of the molecule is Cc1ccc(-c2ccc(C)c(NC(=O)C3=CNC(=O)CC3c3ccc(F)cc3)c2)cn1. The minimum atomic E-state index is -0.445. The van der Waals surface area contributed by atoms with Gasteiger partial charge in [-0.3, -0.25) is 14.6 Å². The third-order valence-electron chi connectivity index (χ3n) is 5.42. The number of hydrogen-bond donors (Lipinski definition) is 2. The number of aryl methyl sites for hydroxylation is 2. The molecule has 2 amide bonds. The summed E-state index contributed by atoms with van der Waals surface area (Å²) in [7, 11) is 0. The van der Waals surface area contributed by atoms with Gasteiger partial charge in [0, 0.05) is 47.3 Å². The van der Waals surface area contributed by atoms with Gasteiger partial charge in [0.15, 0.2) is 0 Å². The molecule has 1 aromatic heterocycles. The molecule has 0 saturated carbocycles. The highest BCUT2D eigenvalue weighted by Gasteiger charge is 2.29. The molecule has 1 aliphatic rings. The first-order valence-corrected chi connectivity index (χ1v) is 10.0. The third kappa shape index (κ3) is 4.53. The second kappa shape index (κ2) is 8.52. The molecule has 0 fully saturated rings. The second-order valence-corrected chi connectivity index (χ2v) is 7.65. The smallest absolute Gasteiger partial charge is 0.253 e. The molecule has 3 aromatic rings. The molecule has 31 heavy (non-hydrogen) atoms. The highest BCUT2D eigenvalue weighted by Crippen LogP contribution is 2.32. The van der Waals surface area contributed by atoms with Gasteiger partial charge < -0.3 is 10.6 Å². The Kier molecular flexibility index (Phi) is 5.62. The zero-order valence-corrected chi connectivity index (χ0v) is 17.3. The number of amides is 2. The van der Waals surface area contributed by atoms with Crippen LogP contribution in [0.25, 0.3) is 11.1 Å². The minimum absolute atomic E-state index is 0.124. The zero-order chi connectivity index (χ0) is 22.0. The Bertz CT molecular complexity index is 1170. The monoisotopic (exact) mass is 415 g/mol. The fraction of sp³-hybridized carbons (Fsp3) is 0.160. The first-order valence-electron chi connectivity index (χ1n) is 10.0. The Balaban J connectivity index is 1.62. The van der Waals surface area contributed by atoms with E-state index in [1.54, 1.807) is 18.3 Å². The van der Waals surface area contributed by atoms with Gasteiger partial charge in [0.2, 0.25) is 5.91 Å². The van der Waals surface area contributed by atoms with Gasteiger partial charge in [-0.1, -0.05) is 30.3 Å². The maximum absolute atomic E-state index is 13.3. The summed E-state index contributed by atoms with van der Waals surface area (Å²) < 4.78 is 13.3. The van der Waals surface area contributed by atoms with Crippen LogP contribution in [0.4, 0.5) is 10.1 Å². The van der Waals surface area contributed by atoms with Crippen molar-refractivity contribution in [3.05, 3.63) is 95.2 Å². The van der Waals surface area contributed by atoms with Gasteiger partial charge in [-0.05, 0) is 54.8 Å². The first-order chi connectivity index (χ1) is 14.9. The van der Waals surface area contributed by atoms with Gasteiger partial charge in [-0.25, -0.2) is 4.39 Å². The molecule has 1 unspecified atom stereocenters. The summed E-state index contributed by atoms with van der Waals surface area (Å²) in [6.07, 6.45) is 3.37. The molecule has 0 aliphatic carbocycles. The molecule has 4 rings (SSSR count). The van der Waals surface area contributed by atoms with E-state index < -0.39 is 5.92 Å². The summed E-state index contributed by atoms with van der Waals surface area (Å²) in [6, 6.07) is 15.7. The Morgan fingerprint density at radius 1 is 1.06 bits per heavy atom. The van der Waals surface area contributed by atoms with Crippen molar-refractivity contribution in [3.63, 3.8) is 0 Å². The van der Waals surface area contributed by atoms with E-state index in [4.69, 9.17) is 0 Å². The lowest BCUT2D eigenvalue weighted by Gasteiger charge is -2.24. The Morgan fingerprint density at radius 2 is 1.81 bits per heavy atom. The fourth-order valence-electron chi connectivity index (χ4n) is 3.60. The summed E-state index contributed by atoms with van der Waals surface area (Å²) in [6.45, 7) is 3.85. The number of benzene rings is 2. The Labute approximate surface area is 180 Å². The number of nitrogens with one attached hydrogen (secondary N) is 2. The molecule has 2 heterocycles. The lowest BCUT2D eigenvalue weighted by molar-refractivity contribution is -0.121. The molecule has 156 valence electrons. The summed E-state index contributed by atoms with van der Waals surface area (Å²) in [5.74, 6) is -1.30. The molecule has 2 aromatic carbocycles. The van der Waals surface area contributed by atoms with Crippen molar-refractivity contribution in [2.45, 2.75) is 26.2 Å². The number of pyridine rings is 1. The van der Waals surface area contributed by atoms with Crippen molar-refractivity contribution in [2.75, 3.05) is 5.32 Å². The average molecular weight is 415 g/mol. The molecular weight excluding hydrogens is 393 g/mol. The molecule has 1 aliphatic heterocycles. The molecule has 0 saturated heterocycles. The molecule has 6 heteroatoms. The van der Waals surface area contributed by atoms with Crippen molar-refractivity contribution >= 4 is 17.5 Å². The van der Waals surface area contributed by atoms with Gasteiger partial charge in [-0.2, -0.15) is 0 Å². The van der Waals surface area contributed by atoms with Crippen LogP contribution in [0, 0.1) is 19.7 Å². The number of hydrogen-bond acceptors (Lipinski definition) is 3. The number of aromatic nitrogens is 1. The number of carbonyl (C=O) groups is 2. The molecule has 2 N–H and O–H groups in total. The molecule has 0 spiro atoms. The van der Waals surface area contributed by atoms with Crippen molar-refractivity contribution in [1.82, 2.24) is 10.3 Å². The minimum Gasteiger partial charge on any atom is -0.332 e. The normalized spacial score (nSPS) is 15.8. The second-order valence-electron chi connectivity index (χ2n) is 7.65. The van der Waals surface area contributed by atoms with Crippen molar-refractivity contribution in [3.8, 4) is 11.1 Å². The summed E-state index contributed by atoms with van der Waals surface area (Å²) in [5, 5.41) is 5.60. The fourth-order valence-corrected chi connectivity index (χ4v) is 3.60. The van der Waals surface area contributed by atoms with Crippen molar-refractivity contribution in [1.29, 1.82) is 0 Å². The third-order valence-corrected chi connectivity index (χ3v) is 5.42. The topological polar surface area (TPSA) is 71.1 Å². The van der Waals surface area contributed by atoms with Crippen molar-refractivity contribution < 1.29 is 14.0 Å². The summed E-state index contributed by atoms with van der Waals surface area (Å²) >= 11 is 0. The van der Waals surface area contributed by atoms with E-state index in [0.29, 0.717) is 16.8 Å². The van der Waals surface area contributed by atoms with E-state index in [1.807, 2.05) is 44.2 Å². The molecule has 1 atom stereocenters. The van der Waals surface area contributed by atoms with Crippen LogP contribution in [-0.4, -0.2) is 16.8 Å². The Hall–Kier alpha value is -3.80. The maximum Gasteiger partial charge on any atom is 0.253 e. The summed E-state index contributed by atoms with van der Waals surface area (Å²) in [4.78, 5) is 29.4. The van der Waals surface area contributed by atoms with Crippen LogP contribution in [0.5, 0.6) is 0 Å². The van der Waals surface area contributed by atoms with Crippen LogP contribution in [0.1, 0.15) is 29.2 Å². The van der Waals surface area contributed by atoms with Crippen molar-refractivity contribution in [2.24, 2.45) is 0 Å². The van der Waals surface area contributed by atoms with Gasteiger partial charge in [0.05, 0.1) is 0 Å². The predicted octanol–water partition coefficient (Wildman–Crippen LogP) is 4.63. The van der Waals surface area contributed by atoms with Gasteiger partial charge in [0.1, 0.15) is 5.82 Å². The maximum atomic E-state index is 13.3. The van der Waals surface area contributed by atoms with Crippen LogP contribution in [0.2, 0.25) is 0 Å². The van der Waals surface area contributed by atoms with Crippen LogP contribution >= 0.6 is 0 Å². The van der Waals surface area contributed by atoms with Gasteiger partial charge in [-0.15, -0.1) is 0 Å². The predicted molar refractivity (Wildman–Crippen MR) is 118 cm³/mol. The standard InChI is InChI=1S/C25H22FN3O2/c1-15-3-5-18(19-6-4-16(2)27-13-19)11-23(15)29-25(31)22-14-28-24(30)12-21(22)17-7-9-20(26)10-8-17/h3-11,13-14,21H,12H2,1-2H3,(H,28,30)(H,29,31). The quantitative estimate of drug-likeness (QED) is 0.653. The molecular formula is C25H22FN3O2. The van der Waals surface area contributed by atoms with Gasteiger partial charge >= 0.3 is 0 Å². The lowest BCUT2D eigenvalue weighted by atomic mass is 9.86. The first kappa shape index (κ1) is 20.5. The van der Waals surface area contributed by atoms with Crippen LogP contribution in [0.15, 0.2) is 72.6 Å². The van der Waals surface area contributed by atoms with Crippen LogP contribution in [0.3, 0.4) is 0 Å². The van der Waals surface area contributed by atoms with Crippen LogP contribution < -0.4 is 10.6 Å². The number of halogens is 1. The number of rotatable bonds is 4. The largest absolute Gasteiger partial charge is 0.332 e. The molecule has 0 radical (unpaired) electrons. The lowest BCUT2D eigenvalue weighted by Crippen LogP contribution is -2.32. The van der Waals surface area contributed by atoms with E-state index in [1.165, 1.54) is 18.3 Å². The zero-order valence-electron chi connectivity index (χ0n) is 17.3. The number of carbonyl (C=O) groups excluding carboxylic acids is 2. The van der Waals surface area contributed by atoms with E-state index in [2.05, 4.69) is 15.6 Å². The van der Waals surface area contributed by atoms with E-state index in [9.17, 15) is 14.0 Å². The van der Waals surface area contributed by atoms with E-state index >= 15 is 0 Å². The molecule has 0 bridgehead atoms. The van der Waals surface area contributed by atoms with E-state index in [-0.39, 0.29) is 24.1 Å². The van der Waals surface area contributed by atoms with Gasteiger partial charge in [0.25, 0.3) is 5.91 Å².